The number of aromatic nitrogens is 2. The molecule has 0 unspecified atom stereocenters. The number of allylic oxidation sites excluding steroid dienone is 1. The zero-order valence-corrected chi connectivity index (χ0v) is 13.7. The Kier molecular flexibility index (Phi) is 6.86. The van der Waals surface area contributed by atoms with E-state index in [-0.39, 0.29) is 19.0 Å². The van der Waals surface area contributed by atoms with Crippen LogP contribution >= 0.6 is 0 Å². The summed E-state index contributed by atoms with van der Waals surface area (Å²) in [7, 11) is 0. The molecule has 0 fully saturated rings. The molecule has 0 saturated heterocycles. The number of benzene rings is 1. The number of hydrogen-bond acceptors (Lipinski definition) is 4. The number of anilines is 2. The zero-order valence-electron chi connectivity index (χ0n) is 13.7. The molecule has 0 aliphatic rings. The zero-order chi connectivity index (χ0) is 17.4. The van der Waals surface area contributed by atoms with E-state index < -0.39 is 5.82 Å². The minimum Gasteiger partial charge on any atom is -0.368 e. The third-order valence-corrected chi connectivity index (χ3v) is 2.80. The van der Waals surface area contributed by atoms with Crippen LogP contribution in [0.3, 0.4) is 0 Å². The van der Waals surface area contributed by atoms with Crippen LogP contribution in [-0.2, 0) is 4.79 Å². The average Bonchev–Trinajstić information content (AvgIpc) is 2.56. The van der Waals surface area contributed by atoms with Crippen LogP contribution in [0.2, 0.25) is 0 Å². The van der Waals surface area contributed by atoms with Gasteiger partial charge in [-0.3, -0.25) is 9.69 Å². The Morgan fingerprint density at radius 3 is 2.70 bits per heavy atom. The standard InChI is InChI=1S/C15H15FN4O.C2H6.H2/c1-3-7-20(10(2)21)12-6-4-5-11(8-12)14-13(16)9-18-15(17)19-14;1-2;/h3-9H,1-2H3,(H2,17,18,19);1-2H3;1H/b7-3-;;. The van der Waals surface area contributed by atoms with Crippen LogP contribution in [0.4, 0.5) is 16.0 Å². The predicted octanol–water partition coefficient (Wildman–Crippen LogP) is 4.02. The molecule has 0 saturated carbocycles. The summed E-state index contributed by atoms with van der Waals surface area (Å²) in [6.07, 6.45) is 4.42. The van der Waals surface area contributed by atoms with Gasteiger partial charge >= 0.3 is 0 Å². The Morgan fingerprint density at radius 1 is 1.39 bits per heavy atom. The van der Waals surface area contributed by atoms with Crippen molar-refractivity contribution in [2.75, 3.05) is 10.6 Å². The van der Waals surface area contributed by atoms with Crippen LogP contribution in [0.1, 0.15) is 29.1 Å². The highest BCUT2D eigenvalue weighted by Gasteiger charge is 2.12. The molecular formula is C17H23FN4O. The van der Waals surface area contributed by atoms with Crippen molar-refractivity contribution in [3.05, 3.63) is 48.6 Å². The third-order valence-electron chi connectivity index (χ3n) is 2.80. The van der Waals surface area contributed by atoms with E-state index in [4.69, 9.17) is 5.73 Å². The molecule has 2 rings (SSSR count). The number of carbonyl (C=O) groups is 1. The van der Waals surface area contributed by atoms with E-state index in [9.17, 15) is 9.18 Å². The Bertz CT molecular complexity index is 707. The highest BCUT2D eigenvalue weighted by Crippen LogP contribution is 2.26. The van der Waals surface area contributed by atoms with Gasteiger partial charge in [0.2, 0.25) is 11.9 Å². The minimum atomic E-state index is -0.568. The molecule has 0 spiro atoms. The van der Waals surface area contributed by atoms with Gasteiger partial charge < -0.3 is 5.73 Å². The molecule has 1 heterocycles. The lowest BCUT2D eigenvalue weighted by Crippen LogP contribution is -2.21. The second-order valence-corrected chi connectivity index (χ2v) is 4.35. The molecule has 0 radical (unpaired) electrons. The molecule has 2 aromatic rings. The fourth-order valence-electron chi connectivity index (χ4n) is 1.91. The first kappa shape index (κ1) is 18.3. The van der Waals surface area contributed by atoms with Crippen molar-refractivity contribution >= 4 is 17.5 Å². The molecule has 1 aromatic carbocycles. The largest absolute Gasteiger partial charge is 0.368 e. The maximum absolute atomic E-state index is 13.8. The van der Waals surface area contributed by atoms with Crippen LogP contribution in [0, 0.1) is 5.82 Å². The van der Waals surface area contributed by atoms with E-state index in [0.29, 0.717) is 11.3 Å². The van der Waals surface area contributed by atoms with Gasteiger partial charge in [-0.15, -0.1) is 0 Å². The fraction of sp³-hybridized carbons (Fsp3) is 0.235. The van der Waals surface area contributed by atoms with Crippen molar-refractivity contribution in [2.45, 2.75) is 27.7 Å². The molecule has 0 bridgehead atoms. The Morgan fingerprint density at radius 2 is 2.09 bits per heavy atom. The molecule has 5 nitrogen and oxygen atoms in total. The summed E-state index contributed by atoms with van der Waals surface area (Å²) in [4.78, 5) is 20.6. The molecule has 1 aromatic heterocycles. The van der Waals surface area contributed by atoms with Crippen molar-refractivity contribution < 1.29 is 10.6 Å². The van der Waals surface area contributed by atoms with Gasteiger partial charge in [-0.25, -0.2) is 14.4 Å². The van der Waals surface area contributed by atoms with Crippen LogP contribution < -0.4 is 10.6 Å². The number of halogens is 1. The lowest BCUT2D eigenvalue weighted by atomic mass is 10.1. The van der Waals surface area contributed by atoms with Crippen molar-refractivity contribution in [3.8, 4) is 11.3 Å². The summed E-state index contributed by atoms with van der Waals surface area (Å²) in [6, 6.07) is 6.85. The van der Waals surface area contributed by atoms with Gasteiger partial charge in [0, 0.05) is 25.8 Å². The first-order valence-electron chi connectivity index (χ1n) is 7.34. The van der Waals surface area contributed by atoms with Gasteiger partial charge in [-0.05, 0) is 19.1 Å². The van der Waals surface area contributed by atoms with Gasteiger partial charge in [-0.2, -0.15) is 0 Å². The molecule has 124 valence electrons. The summed E-state index contributed by atoms with van der Waals surface area (Å²) in [6.45, 7) is 7.26. The molecular weight excluding hydrogens is 295 g/mol. The maximum Gasteiger partial charge on any atom is 0.227 e. The number of carbonyl (C=O) groups excluding carboxylic acids is 1. The van der Waals surface area contributed by atoms with Gasteiger partial charge in [0.1, 0.15) is 5.69 Å². The molecule has 2 N–H and O–H groups in total. The quantitative estimate of drug-likeness (QED) is 0.927. The van der Waals surface area contributed by atoms with E-state index in [2.05, 4.69) is 9.97 Å². The molecule has 23 heavy (non-hydrogen) atoms. The molecule has 6 heteroatoms. The van der Waals surface area contributed by atoms with Gasteiger partial charge in [0.15, 0.2) is 5.82 Å². The normalized spacial score (nSPS) is 10.1. The lowest BCUT2D eigenvalue weighted by molar-refractivity contribution is -0.116. The Hall–Kier alpha value is -2.76. The average molecular weight is 318 g/mol. The maximum atomic E-state index is 13.8. The number of nitrogen functional groups attached to an aromatic ring is 1. The van der Waals surface area contributed by atoms with E-state index in [0.717, 1.165) is 6.20 Å². The summed E-state index contributed by atoms with van der Waals surface area (Å²) in [5.41, 5.74) is 6.74. The van der Waals surface area contributed by atoms with Crippen LogP contribution in [0.25, 0.3) is 11.3 Å². The summed E-state index contributed by atoms with van der Waals surface area (Å²) >= 11 is 0. The number of amides is 1. The van der Waals surface area contributed by atoms with E-state index in [1.165, 1.54) is 11.8 Å². The van der Waals surface area contributed by atoms with Crippen molar-refractivity contribution in [1.82, 2.24) is 9.97 Å². The van der Waals surface area contributed by atoms with Gasteiger partial charge in [0.25, 0.3) is 0 Å². The predicted molar refractivity (Wildman–Crippen MR) is 93.3 cm³/mol. The van der Waals surface area contributed by atoms with E-state index in [1.807, 2.05) is 20.8 Å². The molecule has 1 amide bonds. The monoisotopic (exact) mass is 318 g/mol. The summed E-state index contributed by atoms with van der Waals surface area (Å²) in [5, 5.41) is 0. The number of nitrogens with two attached hydrogens (primary N) is 1. The van der Waals surface area contributed by atoms with Crippen LogP contribution in [0.5, 0.6) is 0 Å². The summed E-state index contributed by atoms with van der Waals surface area (Å²) < 4.78 is 13.8. The summed E-state index contributed by atoms with van der Waals surface area (Å²) in [5.74, 6) is -0.719. The Balaban J connectivity index is 0.00000170. The highest BCUT2D eigenvalue weighted by molar-refractivity contribution is 5.94. The SMILES string of the molecule is C/C=C\N(C(C)=O)c1cccc(-c2nc(N)ncc2F)c1.CC.[HH]. The van der Waals surface area contributed by atoms with Crippen molar-refractivity contribution in [2.24, 2.45) is 0 Å². The second kappa shape index (κ2) is 8.63. The van der Waals surface area contributed by atoms with Gasteiger partial charge in [0.05, 0.1) is 6.20 Å². The smallest absolute Gasteiger partial charge is 0.227 e. The molecule has 0 aliphatic carbocycles. The molecule has 0 aliphatic heterocycles. The fourth-order valence-corrected chi connectivity index (χ4v) is 1.91. The van der Waals surface area contributed by atoms with E-state index in [1.54, 1.807) is 36.5 Å². The number of nitrogens with zero attached hydrogens (tertiary/aromatic N) is 3. The van der Waals surface area contributed by atoms with Crippen molar-refractivity contribution in [3.63, 3.8) is 0 Å². The number of rotatable bonds is 3. The van der Waals surface area contributed by atoms with Gasteiger partial charge in [-0.1, -0.05) is 32.1 Å². The van der Waals surface area contributed by atoms with Crippen LogP contribution in [0.15, 0.2) is 42.7 Å². The topological polar surface area (TPSA) is 72.1 Å². The van der Waals surface area contributed by atoms with Crippen molar-refractivity contribution in [1.29, 1.82) is 0 Å². The van der Waals surface area contributed by atoms with Crippen LogP contribution in [-0.4, -0.2) is 15.9 Å². The Labute approximate surface area is 137 Å². The minimum absolute atomic E-state index is 0. The first-order chi connectivity index (χ1) is 11.0. The third kappa shape index (κ3) is 4.60. The number of hydrogen-bond donors (Lipinski definition) is 1. The lowest BCUT2D eigenvalue weighted by Gasteiger charge is -2.17. The molecule has 0 atom stereocenters. The second-order valence-electron chi connectivity index (χ2n) is 4.35. The highest BCUT2D eigenvalue weighted by atomic mass is 19.1. The first-order valence-corrected chi connectivity index (χ1v) is 7.34. The van der Waals surface area contributed by atoms with E-state index >= 15 is 0 Å².